The maximum atomic E-state index is 12.4. The predicted octanol–water partition coefficient (Wildman–Crippen LogP) is 3.04. The van der Waals surface area contributed by atoms with Crippen molar-refractivity contribution >= 4 is 17.6 Å². The van der Waals surface area contributed by atoms with E-state index in [1.807, 2.05) is 0 Å². The van der Waals surface area contributed by atoms with E-state index >= 15 is 0 Å². The van der Waals surface area contributed by atoms with E-state index in [1.54, 1.807) is 53.4 Å². The minimum absolute atomic E-state index is 0.0250. The van der Waals surface area contributed by atoms with Gasteiger partial charge in [-0.3, -0.25) is 4.79 Å². The molecular formula is C19H16N2O3. The molecule has 0 spiro atoms. The Hall–Kier alpha value is -3.13. The van der Waals surface area contributed by atoms with E-state index < -0.39 is 5.97 Å². The van der Waals surface area contributed by atoms with E-state index in [4.69, 9.17) is 10.00 Å². The molecule has 3 rings (SSSR count). The van der Waals surface area contributed by atoms with Crippen molar-refractivity contribution in [2.75, 3.05) is 11.4 Å². The first kappa shape index (κ1) is 15.8. The van der Waals surface area contributed by atoms with Crippen LogP contribution in [0.5, 0.6) is 0 Å². The van der Waals surface area contributed by atoms with Crippen LogP contribution >= 0.6 is 0 Å². The van der Waals surface area contributed by atoms with Gasteiger partial charge in [0.1, 0.15) is 6.61 Å². The van der Waals surface area contributed by atoms with Crippen LogP contribution in [0.4, 0.5) is 5.69 Å². The first-order valence-corrected chi connectivity index (χ1v) is 7.74. The van der Waals surface area contributed by atoms with E-state index in [-0.39, 0.29) is 12.5 Å². The number of para-hydroxylation sites is 1. The molecule has 1 heterocycles. The number of benzene rings is 2. The lowest BCUT2D eigenvalue weighted by Gasteiger charge is -2.18. The van der Waals surface area contributed by atoms with E-state index in [1.165, 1.54) is 0 Å². The molecule has 0 radical (unpaired) electrons. The van der Waals surface area contributed by atoms with Crippen molar-refractivity contribution in [3.8, 4) is 6.07 Å². The van der Waals surface area contributed by atoms with Crippen molar-refractivity contribution in [1.82, 2.24) is 0 Å². The molecular weight excluding hydrogens is 304 g/mol. The van der Waals surface area contributed by atoms with Gasteiger partial charge in [-0.25, -0.2) is 4.79 Å². The maximum Gasteiger partial charge on any atom is 0.340 e. The van der Waals surface area contributed by atoms with Crippen LogP contribution in [0.1, 0.15) is 34.3 Å². The van der Waals surface area contributed by atoms with Gasteiger partial charge in [-0.2, -0.15) is 5.26 Å². The molecule has 2 aromatic carbocycles. The third-order valence-corrected chi connectivity index (χ3v) is 3.91. The van der Waals surface area contributed by atoms with Gasteiger partial charge < -0.3 is 9.64 Å². The van der Waals surface area contributed by atoms with Crippen LogP contribution in [-0.4, -0.2) is 18.4 Å². The Kier molecular flexibility index (Phi) is 4.57. The Morgan fingerprint density at radius 1 is 1.21 bits per heavy atom. The number of hydrogen-bond acceptors (Lipinski definition) is 4. The Morgan fingerprint density at radius 3 is 2.79 bits per heavy atom. The molecule has 0 aromatic heterocycles. The fraction of sp³-hybridized carbons (Fsp3) is 0.211. The van der Waals surface area contributed by atoms with Gasteiger partial charge in [0.15, 0.2) is 0 Å². The molecule has 0 bridgehead atoms. The minimum atomic E-state index is -0.479. The van der Waals surface area contributed by atoms with Gasteiger partial charge in [0.2, 0.25) is 5.91 Å². The van der Waals surface area contributed by atoms with Crippen molar-refractivity contribution in [3.05, 3.63) is 65.2 Å². The molecule has 1 amide bonds. The fourth-order valence-corrected chi connectivity index (χ4v) is 2.74. The smallest absolute Gasteiger partial charge is 0.340 e. The molecule has 0 aliphatic carbocycles. The number of hydrogen-bond donors (Lipinski definition) is 0. The summed E-state index contributed by atoms with van der Waals surface area (Å²) < 4.78 is 5.36. The average Bonchev–Trinajstić information content (AvgIpc) is 3.05. The molecule has 0 unspecified atom stereocenters. The first-order chi connectivity index (χ1) is 11.7. The van der Waals surface area contributed by atoms with E-state index in [2.05, 4.69) is 6.07 Å². The Bertz CT molecular complexity index is 823. The number of rotatable bonds is 4. The molecule has 5 nitrogen and oxygen atoms in total. The number of esters is 1. The molecule has 120 valence electrons. The molecule has 1 saturated heterocycles. The molecule has 2 aromatic rings. The van der Waals surface area contributed by atoms with Gasteiger partial charge in [0.25, 0.3) is 0 Å². The van der Waals surface area contributed by atoms with E-state index in [0.29, 0.717) is 29.8 Å². The van der Waals surface area contributed by atoms with Gasteiger partial charge in [-0.15, -0.1) is 0 Å². The van der Waals surface area contributed by atoms with Crippen LogP contribution in [0, 0.1) is 11.3 Å². The van der Waals surface area contributed by atoms with Crippen molar-refractivity contribution in [2.24, 2.45) is 0 Å². The minimum Gasteiger partial charge on any atom is -0.457 e. The number of nitriles is 1. The zero-order valence-electron chi connectivity index (χ0n) is 13.1. The summed E-state index contributed by atoms with van der Waals surface area (Å²) in [6.07, 6.45) is 1.30. The second kappa shape index (κ2) is 6.97. The summed E-state index contributed by atoms with van der Waals surface area (Å²) in [5.74, 6) is -0.454. The summed E-state index contributed by atoms with van der Waals surface area (Å²) >= 11 is 0. The summed E-state index contributed by atoms with van der Waals surface area (Å²) in [5, 5.41) is 8.90. The summed E-state index contributed by atoms with van der Waals surface area (Å²) in [4.78, 5) is 26.0. The molecule has 1 aliphatic heterocycles. The summed E-state index contributed by atoms with van der Waals surface area (Å²) in [7, 11) is 0. The van der Waals surface area contributed by atoms with E-state index in [0.717, 1.165) is 12.0 Å². The lowest BCUT2D eigenvalue weighted by molar-refractivity contribution is -0.117. The number of carbonyl (C=O) groups is 2. The van der Waals surface area contributed by atoms with Crippen LogP contribution in [-0.2, 0) is 16.1 Å². The highest BCUT2D eigenvalue weighted by Crippen LogP contribution is 2.26. The first-order valence-electron chi connectivity index (χ1n) is 7.74. The number of ether oxygens (including phenoxy) is 1. The fourth-order valence-electron chi connectivity index (χ4n) is 2.74. The highest BCUT2D eigenvalue weighted by atomic mass is 16.5. The largest absolute Gasteiger partial charge is 0.457 e. The maximum absolute atomic E-state index is 12.4. The van der Waals surface area contributed by atoms with Crippen LogP contribution in [0.15, 0.2) is 48.5 Å². The number of carbonyl (C=O) groups excluding carboxylic acids is 2. The summed E-state index contributed by atoms with van der Waals surface area (Å²) in [6, 6.07) is 15.9. The molecule has 5 heteroatoms. The number of nitrogens with zero attached hydrogens (tertiary/aromatic N) is 2. The molecule has 0 N–H and O–H groups in total. The second-order valence-corrected chi connectivity index (χ2v) is 5.55. The quantitative estimate of drug-likeness (QED) is 0.812. The van der Waals surface area contributed by atoms with Crippen LogP contribution in [0.25, 0.3) is 0 Å². The SMILES string of the molecule is N#Cc1cccc(COC(=O)c2ccccc2N2CCCC2=O)c1. The van der Waals surface area contributed by atoms with Crippen molar-refractivity contribution in [1.29, 1.82) is 5.26 Å². The number of anilines is 1. The standard InChI is InChI=1S/C19H16N2O3/c20-12-14-5-3-6-15(11-14)13-24-19(23)16-7-1-2-8-17(16)21-10-4-9-18(21)22/h1-3,5-8,11H,4,9-10,13H2. The Morgan fingerprint density at radius 2 is 2.04 bits per heavy atom. The Balaban J connectivity index is 1.76. The molecule has 0 saturated carbocycles. The predicted molar refractivity (Wildman–Crippen MR) is 88.3 cm³/mol. The van der Waals surface area contributed by atoms with Crippen LogP contribution in [0.2, 0.25) is 0 Å². The molecule has 0 atom stereocenters. The lowest BCUT2D eigenvalue weighted by Crippen LogP contribution is -2.26. The van der Waals surface area contributed by atoms with Gasteiger partial charge in [0.05, 0.1) is 22.9 Å². The van der Waals surface area contributed by atoms with Gasteiger partial charge >= 0.3 is 5.97 Å². The summed E-state index contributed by atoms with van der Waals surface area (Å²) in [5.41, 5.74) is 2.24. The monoisotopic (exact) mass is 320 g/mol. The zero-order chi connectivity index (χ0) is 16.9. The highest BCUT2D eigenvalue weighted by Gasteiger charge is 2.26. The van der Waals surface area contributed by atoms with Gasteiger partial charge in [-0.1, -0.05) is 24.3 Å². The third kappa shape index (κ3) is 3.28. The van der Waals surface area contributed by atoms with Gasteiger partial charge in [-0.05, 0) is 36.2 Å². The van der Waals surface area contributed by atoms with Crippen LogP contribution in [0.3, 0.4) is 0 Å². The Labute approximate surface area is 140 Å². The normalized spacial score (nSPS) is 13.6. The average molecular weight is 320 g/mol. The molecule has 24 heavy (non-hydrogen) atoms. The van der Waals surface area contributed by atoms with Crippen LogP contribution < -0.4 is 4.90 Å². The third-order valence-electron chi connectivity index (χ3n) is 3.91. The van der Waals surface area contributed by atoms with Crippen molar-refractivity contribution in [2.45, 2.75) is 19.4 Å². The lowest BCUT2D eigenvalue weighted by atomic mass is 10.1. The molecule has 1 aliphatic rings. The highest BCUT2D eigenvalue weighted by molar-refractivity contribution is 6.03. The zero-order valence-corrected chi connectivity index (χ0v) is 13.1. The number of amides is 1. The second-order valence-electron chi connectivity index (χ2n) is 5.55. The van der Waals surface area contributed by atoms with Crippen molar-refractivity contribution in [3.63, 3.8) is 0 Å². The van der Waals surface area contributed by atoms with Gasteiger partial charge in [0, 0.05) is 13.0 Å². The topological polar surface area (TPSA) is 70.4 Å². The molecule has 1 fully saturated rings. The summed E-state index contributed by atoms with van der Waals surface area (Å²) in [6.45, 7) is 0.698. The van der Waals surface area contributed by atoms with Crippen molar-refractivity contribution < 1.29 is 14.3 Å². The van der Waals surface area contributed by atoms with E-state index in [9.17, 15) is 9.59 Å².